The normalized spacial score (nSPS) is 15.1. The number of amides is 1. The molecule has 0 radical (unpaired) electrons. The number of methoxy groups -OCH3 is 1. The fourth-order valence-electron chi connectivity index (χ4n) is 2.91. The fraction of sp³-hybridized carbons (Fsp3) is 0.238. The van der Waals surface area contributed by atoms with Crippen LogP contribution in [-0.4, -0.2) is 37.3 Å². The molecule has 28 heavy (non-hydrogen) atoms. The van der Waals surface area contributed by atoms with E-state index in [9.17, 15) is 4.79 Å². The van der Waals surface area contributed by atoms with Crippen LogP contribution in [0.5, 0.6) is 17.2 Å². The third kappa shape index (κ3) is 3.80. The molecule has 2 aromatic carbocycles. The van der Waals surface area contributed by atoms with Crippen LogP contribution in [0.2, 0.25) is 0 Å². The summed E-state index contributed by atoms with van der Waals surface area (Å²) in [6.07, 6.45) is -0.229. The maximum atomic E-state index is 12.6. The summed E-state index contributed by atoms with van der Waals surface area (Å²) < 4.78 is 16.7. The Morgan fingerprint density at radius 3 is 2.71 bits per heavy atom. The van der Waals surface area contributed by atoms with Gasteiger partial charge in [-0.3, -0.25) is 4.79 Å². The van der Waals surface area contributed by atoms with Crippen molar-refractivity contribution in [3.05, 3.63) is 59.1 Å². The standard InChI is InChI=1S/C21H20N2O4S/c1-13-19(28-21(23-13)14-7-9-15(25-2)10-8-14)20(24)22-11-16-12-26-17-5-3-4-6-18(17)27-16/h3-10,16H,11-12H2,1-2H3,(H,22,24)/t16-/m0/s1. The van der Waals surface area contributed by atoms with Crippen molar-refractivity contribution >= 4 is 17.2 Å². The second-order valence-electron chi connectivity index (χ2n) is 6.37. The van der Waals surface area contributed by atoms with Crippen LogP contribution in [0.15, 0.2) is 48.5 Å². The molecular formula is C21H20N2O4S. The highest BCUT2D eigenvalue weighted by Crippen LogP contribution is 2.31. The van der Waals surface area contributed by atoms with E-state index < -0.39 is 0 Å². The molecule has 0 fully saturated rings. The highest BCUT2D eigenvalue weighted by atomic mass is 32.1. The number of thiazole rings is 1. The van der Waals surface area contributed by atoms with Gasteiger partial charge >= 0.3 is 0 Å². The average Bonchev–Trinajstić information content (AvgIpc) is 3.13. The number of aromatic nitrogens is 1. The molecule has 0 saturated heterocycles. The van der Waals surface area contributed by atoms with Crippen LogP contribution in [0.4, 0.5) is 0 Å². The minimum atomic E-state index is -0.229. The number of rotatable bonds is 5. The van der Waals surface area contributed by atoms with Gasteiger partial charge in [-0.25, -0.2) is 4.98 Å². The number of fused-ring (bicyclic) bond motifs is 1. The van der Waals surface area contributed by atoms with Crippen LogP contribution in [0, 0.1) is 6.92 Å². The van der Waals surface area contributed by atoms with Gasteiger partial charge in [0.25, 0.3) is 5.91 Å². The molecule has 1 aliphatic heterocycles. The summed E-state index contributed by atoms with van der Waals surface area (Å²) in [5.74, 6) is 2.06. The van der Waals surface area contributed by atoms with Crippen LogP contribution >= 0.6 is 11.3 Å². The molecule has 0 aliphatic carbocycles. The Bertz CT molecular complexity index is 984. The monoisotopic (exact) mass is 396 g/mol. The predicted octanol–water partition coefficient (Wildman–Crippen LogP) is 3.70. The van der Waals surface area contributed by atoms with Crippen LogP contribution in [0.3, 0.4) is 0 Å². The Morgan fingerprint density at radius 1 is 1.21 bits per heavy atom. The second kappa shape index (κ2) is 7.90. The number of benzene rings is 2. The van der Waals surface area contributed by atoms with E-state index in [1.807, 2.05) is 55.5 Å². The summed E-state index contributed by atoms with van der Waals surface area (Å²) in [6, 6.07) is 15.1. The summed E-state index contributed by atoms with van der Waals surface area (Å²) in [5.41, 5.74) is 1.66. The van der Waals surface area contributed by atoms with E-state index in [0.717, 1.165) is 22.1 Å². The molecule has 0 bridgehead atoms. The van der Waals surface area contributed by atoms with Gasteiger partial charge in [0, 0.05) is 5.56 Å². The van der Waals surface area contributed by atoms with Crippen molar-refractivity contribution in [2.24, 2.45) is 0 Å². The summed E-state index contributed by atoms with van der Waals surface area (Å²) >= 11 is 1.37. The van der Waals surface area contributed by atoms with Gasteiger partial charge in [-0.2, -0.15) is 0 Å². The third-order valence-electron chi connectivity index (χ3n) is 4.40. The molecule has 4 rings (SSSR count). The van der Waals surface area contributed by atoms with Gasteiger partial charge in [0.15, 0.2) is 11.5 Å². The van der Waals surface area contributed by atoms with Crippen molar-refractivity contribution in [1.29, 1.82) is 0 Å². The number of carbonyl (C=O) groups excluding carboxylic acids is 1. The Kier molecular flexibility index (Phi) is 5.16. The number of carbonyl (C=O) groups is 1. The van der Waals surface area contributed by atoms with E-state index >= 15 is 0 Å². The van der Waals surface area contributed by atoms with Crippen LogP contribution in [0.1, 0.15) is 15.4 Å². The molecule has 1 atom stereocenters. The van der Waals surface area contributed by atoms with Gasteiger partial charge < -0.3 is 19.5 Å². The van der Waals surface area contributed by atoms with Crippen LogP contribution in [-0.2, 0) is 0 Å². The molecule has 3 aromatic rings. The van der Waals surface area contributed by atoms with Crippen molar-refractivity contribution in [3.63, 3.8) is 0 Å². The molecule has 144 valence electrons. The van der Waals surface area contributed by atoms with Crippen molar-refractivity contribution in [1.82, 2.24) is 10.3 Å². The van der Waals surface area contributed by atoms with Crippen molar-refractivity contribution < 1.29 is 19.0 Å². The lowest BCUT2D eigenvalue weighted by Gasteiger charge is -2.26. The lowest BCUT2D eigenvalue weighted by Crippen LogP contribution is -2.40. The molecule has 0 saturated carbocycles. The predicted molar refractivity (Wildman–Crippen MR) is 108 cm³/mol. The summed E-state index contributed by atoms with van der Waals surface area (Å²) in [4.78, 5) is 17.8. The van der Waals surface area contributed by atoms with E-state index in [-0.39, 0.29) is 12.0 Å². The highest BCUT2D eigenvalue weighted by Gasteiger charge is 2.22. The Labute approximate surface area is 167 Å². The molecule has 1 aliphatic rings. The van der Waals surface area contributed by atoms with E-state index in [4.69, 9.17) is 14.2 Å². The lowest BCUT2D eigenvalue weighted by molar-refractivity contribution is 0.0791. The zero-order chi connectivity index (χ0) is 19.5. The molecule has 2 heterocycles. The number of para-hydroxylation sites is 2. The maximum absolute atomic E-state index is 12.6. The van der Waals surface area contributed by atoms with Crippen LogP contribution in [0.25, 0.3) is 10.6 Å². The molecule has 1 N–H and O–H groups in total. The first-order valence-corrected chi connectivity index (χ1v) is 9.74. The minimum absolute atomic E-state index is 0.155. The smallest absolute Gasteiger partial charge is 0.263 e. The first kappa shape index (κ1) is 18.3. The summed E-state index contributed by atoms with van der Waals surface area (Å²) in [7, 11) is 1.63. The first-order chi connectivity index (χ1) is 13.6. The number of hydrogen-bond acceptors (Lipinski definition) is 6. The molecule has 0 spiro atoms. The second-order valence-corrected chi connectivity index (χ2v) is 7.37. The van der Waals surface area contributed by atoms with E-state index in [1.54, 1.807) is 7.11 Å². The first-order valence-electron chi connectivity index (χ1n) is 8.92. The Balaban J connectivity index is 1.40. The number of ether oxygens (including phenoxy) is 3. The average molecular weight is 396 g/mol. The van der Waals surface area contributed by atoms with Crippen molar-refractivity contribution in [3.8, 4) is 27.8 Å². The topological polar surface area (TPSA) is 69.7 Å². The fourth-order valence-corrected chi connectivity index (χ4v) is 3.90. The summed E-state index contributed by atoms with van der Waals surface area (Å²) in [5, 5.41) is 3.73. The van der Waals surface area contributed by atoms with Gasteiger partial charge in [0.05, 0.1) is 19.3 Å². The van der Waals surface area contributed by atoms with E-state index in [1.165, 1.54) is 11.3 Å². The molecule has 0 unspecified atom stereocenters. The minimum Gasteiger partial charge on any atom is -0.497 e. The SMILES string of the molecule is COc1ccc(-c2nc(C)c(C(=O)NC[C@H]3COc4ccccc4O3)s2)cc1. The van der Waals surface area contributed by atoms with E-state index in [2.05, 4.69) is 10.3 Å². The Morgan fingerprint density at radius 2 is 1.96 bits per heavy atom. The van der Waals surface area contributed by atoms with Crippen molar-refractivity contribution in [2.45, 2.75) is 13.0 Å². The largest absolute Gasteiger partial charge is 0.497 e. The van der Waals surface area contributed by atoms with Gasteiger partial charge in [-0.1, -0.05) is 12.1 Å². The zero-order valence-electron chi connectivity index (χ0n) is 15.6. The number of hydrogen-bond donors (Lipinski definition) is 1. The molecular weight excluding hydrogens is 376 g/mol. The van der Waals surface area contributed by atoms with Crippen LogP contribution < -0.4 is 19.5 Å². The van der Waals surface area contributed by atoms with E-state index in [0.29, 0.717) is 29.5 Å². The third-order valence-corrected chi connectivity index (χ3v) is 5.60. The molecule has 1 aromatic heterocycles. The number of aryl methyl sites for hydroxylation is 1. The van der Waals surface area contributed by atoms with Gasteiger partial charge in [-0.05, 0) is 43.3 Å². The van der Waals surface area contributed by atoms with Gasteiger partial charge in [0.1, 0.15) is 28.3 Å². The zero-order valence-corrected chi connectivity index (χ0v) is 16.4. The highest BCUT2D eigenvalue weighted by molar-refractivity contribution is 7.17. The lowest BCUT2D eigenvalue weighted by atomic mass is 10.2. The summed E-state index contributed by atoms with van der Waals surface area (Å²) in [6.45, 7) is 2.60. The number of nitrogens with one attached hydrogen (secondary N) is 1. The quantitative estimate of drug-likeness (QED) is 0.712. The maximum Gasteiger partial charge on any atom is 0.263 e. The molecule has 1 amide bonds. The Hall–Kier alpha value is -3.06. The molecule has 7 heteroatoms. The van der Waals surface area contributed by atoms with Gasteiger partial charge in [-0.15, -0.1) is 11.3 Å². The number of nitrogens with zero attached hydrogens (tertiary/aromatic N) is 1. The van der Waals surface area contributed by atoms with Gasteiger partial charge in [0.2, 0.25) is 0 Å². The molecule has 6 nitrogen and oxygen atoms in total. The van der Waals surface area contributed by atoms with Crippen molar-refractivity contribution in [2.75, 3.05) is 20.3 Å².